The van der Waals surface area contributed by atoms with E-state index < -0.39 is 52.2 Å². The number of ketones is 1. The summed E-state index contributed by atoms with van der Waals surface area (Å²) in [5.41, 5.74) is 1.11. The molecule has 2 aromatic rings. The van der Waals surface area contributed by atoms with Crippen LogP contribution in [0.15, 0.2) is 29.2 Å². The lowest BCUT2D eigenvalue weighted by atomic mass is 10.0. The predicted octanol–water partition coefficient (Wildman–Crippen LogP) is 3.02. The molecular formula is C27H37N3O8S. The van der Waals surface area contributed by atoms with Crippen molar-refractivity contribution in [2.75, 3.05) is 26.3 Å². The summed E-state index contributed by atoms with van der Waals surface area (Å²) in [4.78, 5) is 54.1. The Morgan fingerprint density at radius 1 is 0.974 bits per heavy atom. The normalized spacial score (nSPS) is 12.3. The number of amides is 1. The van der Waals surface area contributed by atoms with Crippen LogP contribution < -0.4 is 5.32 Å². The van der Waals surface area contributed by atoms with E-state index in [1.807, 2.05) is 0 Å². The van der Waals surface area contributed by atoms with E-state index in [0.717, 1.165) is 0 Å². The Labute approximate surface area is 229 Å². The van der Waals surface area contributed by atoms with Crippen molar-refractivity contribution in [3.05, 3.63) is 52.3 Å². The third kappa shape index (κ3) is 7.33. The number of benzene rings is 1. The molecule has 2 rings (SSSR count). The highest BCUT2D eigenvalue weighted by molar-refractivity contribution is 7.89. The third-order valence-corrected chi connectivity index (χ3v) is 8.17. The summed E-state index contributed by atoms with van der Waals surface area (Å²) in [6.45, 7) is 11.8. The van der Waals surface area contributed by atoms with Gasteiger partial charge < -0.3 is 19.8 Å². The molecule has 0 bridgehead atoms. The van der Waals surface area contributed by atoms with E-state index in [4.69, 9.17) is 9.47 Å². The van der Waals surface area contributed by atoms with Gasteiger partial charge in [-0.3, -0.25) is 9.59 Å². The number of aryl methyl sites for hydroxylation is 2. The maximum Gasteiger partial charge on any atom is 0.340 e. The molecule has 0 radical (unpaired) electrons. The zero-order chi connectivity index (χ0) is 29.5. The number of carbonyl (C=O) groups excluding carboxylic acids is 4. The highest BCUT2D eigenvalue weighted by Crippen LogP contribution is 2.21. The van der Waals surface area contributed by atoms with Crippen LogP contribution in [0.1, 0.15) is 77.1 Å². The van der Waals surface area contributed by atoms with Crippen LogP contribution in [0.2, 0.25) is 0 Å². The van der Waals surface area contributed by atoms with Crippen molar-refractivity contribution in [3.8, 4) is 0 Å². The van der Waals surface area contributed by atoms with Crippen molar-refractivity contribution in [1.29, 1.82) is 0 Å². The van der Waals surface area contributed by atoms with Gasteiger partial charge in [0.15, 0.2) is 6.61 Å². The number of H-pyrrole nitrogens is 1. The van der Waals surface area contributed by atoms with Gasteiger partial charge in [-0.25, -0.2) is 18.0 Å². The summed E-state index contributed by atoms with van der Waals surface area (Å²) in [6.07, 6.45) is 0. The number of esters is 2. The molecule has 1 aromatic heterocycles. The van der Waals surface area contributed by atoms with E-state index in [-0.39, 0.29) is 41.3 Å². The van der Waals surface area contributed by atoms with Gasteiger partial charge in [0.1, 0.15) is 6.04 Å². The van der Waals surface area contributed by atoms with Crippen molar-refractivity contribution in [1.82, 2.24) is 14.6 Å². The quantitative estimate of drug-likeness (QED) is 0.279. The first-order chi connectivity index (χ1) is 18.3. The maximum atomic E-state index is 13.0. The average molecular weight is 564 g/mol. The zero-order valence-electron chi connectivity index (χ0n) is 23.4. The fraction of sp³-hybridized carbons (Fsp3) is 0.481. The first kappa shape index (κ1) is 31.7. The number of nitrogens with zero attached hydrogens (tertiary/aromatic N) is 1. The summed E-state index contributed by atoms with van der Waals surface area (Å²) in [5, 5.41) is 2.58. The van der Waals surface area contributed by atoms with Gasteiger partial charge in [-0.05, 0) is 44.9 Å². The van der Waals surface area contributed by atoms with Gasteiger partial charge in [0.25, 0.3) is 5.91 Å². The van der Waals surface area contributed by atoms with Gasteiger partial charge in [-0.2, -0.15) is 4.31 Å². The largest absolute Gasteiger partial charge is 0.462 e. The van der Waals surface area contributed by atoms with Crippen molar-refractivity contribution in [2.45, 2.75) is 59.4 Å². The summed E-state index contributed by atoms with van der Waals surface area (Å²) in [5.74, 6) is -3.19. The summed E-state index contributed by atoms with van der Waals surface area (Å²) in [6, 6.07) is 4.43. The average Bonchev–Trinajstić information content (AvgIpc) is 3.19. The second-order valence-electron chi connectivity index (χ2n) is 9.19. The molecule has 0 fully saturated rings. The van der Waals surface area contributed by atoms with Crippen molar-refractivity contribution >= 4 is 33.7 Å². The van der Waals surface area contributed by atoms with Crippen molar-refractivity contribution in [2.24, 2.45) is 5.92 Å². The number of nitrogens with one attached hydrogen (secondary N) is 2. The minimum absolute atomic E-state index is 0.0392. The minimum atomic E-state index is -3.79. The molecule has 0 aliphatic heterocycles. The molecule has 0 aliphatic carbocycles. The zero-order valence-corrected chi connectivity index (χ0v) is 24.2. The molecule has 0 saturated carbocycles. The van der Waals surface area contributed by atoms with E-state index in [1.54, 1.807) is 48.5 Å². The lowest BCUT2D eigenvalue weighted by Crippen LogP contribution is -2.45. The minimum Gasteiger partial charge on any atom is -0.462 e. The van der Waals surface area contributed by atoms with Gasteiger partial charge >= 0.3 is 11.9 Å². The van der Waals surface area contributed by atoms with Crippen LogP contribution >= 0.6 is 0 Å². The molecule has 1 atom stereocenters. The summed E-state index contributed by atoms with van der Waals surface area (Å²) >= 11 is 0. The molecule has 1 aromatic carbocycles. The van der Waals surface area contributed by atoms with Crippen LogP contribution in [-0.4, -0.2) is 73.7 Å². The molecule has 12 heteroatoms. The number of Topliss-reactive ketones (excluding diaryl/α,β-unsaturated/α-hetero) is 1. The number of rotatable bonds is 13. The monoisotopic (exact) mass is 563 g/mol. The molecule has 2 N–H and O–H groups in total. The van der Waals surface area contributed by atoms with Crippen LogP contribution in [0.5, 0.6) is 0 Å². The molecule has 1 amide bonds. The van der Waals surface area contributed by atoms with Crippen LogP contribution in [-0.2, 0) is 24.3 Å². The van der Waals surface area contributed by atoms with Crippen molar-refractivity contribution in [3.63, 3.8) is 0 Å². The van der Waals surface area contributed by atoms with Gasteiger partial charge in [0, 0.05) is 30.0 Å². The fourth-order valence-electron chi connectivity index (χ4n) is 4.12. The SMILES string of the molecule is CCOC(=O)c1c(C)[nH]c(C)c1C(=O)COC(=O)[C@@H](NC(=O)c1cccc(S(=O)(=O)N(CC)CC)c1)C(C)C. The Bertz CT molecular complexity index is 1330. The lowest BCUT2D eigenvalue weighted by Gasteiger charge is -2.21. The Morgan fingerprint density at radius 2 is 1.59 bits per heavy atom. The number of ether oxygens (including phenoxy) is 2. The first-order valence-corrected chi connectivity index (χ1v) is 14.2. The third-order valence-electron chi connectivity index (χ3n) is 6.13. The van der Waals surface area contributed by atoms with Gasteiger partial charge in [-0.1, -0.05) is 33.8 Å². The topological polar surface area (TPSA) is 152 Å². The molecule has 0 unspecified atom stereocenters. The highest BCUT2D eigenvalue weighted by atomic mass is 32.2. The Morgan fingerprint density at radius 3 is 2.15 bits per heavy atom. The molecule has 39 heavy (non-hydrogen) atoms. The van der Waals surface area contributed by atoms with E-state index in [9.17, 15) is 27.6 Å². The van der Waals surface area contributed by atoms with E-state index >= 15 is 0 Å². The smallest absolute Gasteiger partial charge is 0.340 e. The maximum absolute atomic E-state index is 13.0. The van der Waals surface area contributed by atoms with Crippen LogP contribution in [0.4, 0.5) is 0 Å². The van der Waals surface area contributed by atoms with Gasteiger partial charge in [0.2, 0.25) is 15.8 Å². The highest BCUT2D eigenvalue weighted by Gasteiger charge is 2.30. The Balaban J connectivity index is 2.19. The molecule has 0 aliphatic rings. The number of aromatic amines is 1. The molecule has 0 saturated heterocycles. The van der Waals surface area contributed by atoms with Crippen LogP contribution in [0, 0.1) is 19.8 Å². The van der Waals surface area contributed by atoms with Crippen LogP contribution in [0.3, 0.4) is 0 Å². The molecular weight excluding hydrogens is 526 g/mol. The number of sulfonamides is 1. The Hall–Kier alpha value is -3.51. The van der Waals surface area contributed by atoms with E-state index in [0.29, 0.717) is 11.4 Å². The van der Waals surface area contributed by atoms with E-state index in [1.165, 1.54) is 28.6 Å². The molecule has 1 heterocycles. The second kappa shape index (κ2) is 13.5. The van der Waals surface area contributed by atoms with Crippen molar-refractivity contribution < 1.29 is 37.1 Å². The Kier molecular flexibility index (Phi) is 11.0. The molecule has 214 valence electrons. The standard InChI is InChI=1S/C27H37N3O8S/c1-8-30(9-2)39(35,36)20-13-11-12-19(14-20)25(32)29-24(16(4)5)27(34)38-15-21(31)22-17(6)28-18(7)23(22)26(33)37-10-3/h11-14,16,24,28H,8-10,15H2,1-7H3,(H,29,32)/t24-/m0/s1. The number of hydrogen-bond acceptors (Lipinski definition) is 8. The molecule has 0 spiro atoms. The first-order valence-electron chi connectivity index (χ1n) is 12.8. The molecule has 11 nitrogen and oxygen atoms in total. The number of hydrogen-bond donors (Lipinski definition) is 2. The second-order valence-corrected chi connectivity index (χ2v) is 11.1. The summed E-state index contributed by atoms with van der Waals surface area (Å²) in [7, 11) is -3.79. The van der Waals surface area contributed by atoms with Gasteiger partial charge in [0.05, 0.1) is 22.6 Å². The number of carbonyl (C=O) groups is 4. The predicted molar refractivity (Wildman–Crippen MR) is 144 cm³/mol. The number of aromatic nitrogens is 1. The van der Waals surface area contributed by atoms with Gasteiger partial charge in [-0.15, -0.1) is 0 Å². The van der Waals surface area contributed by atoms with E-state index in [2.05, 4.69) is 10.3 Å². The summed E-state index contributed by atoms with van der Waals surface area (Å²) < 4.78 is 37.3. The fourth-order valence-corrected chi connectivity index (χ4v) is 5.62. The van der Waals surface area contributed by atoms with Crippen LogP contribution in [0.25, 0.3) is 0 Å². The lowest BCUT2D eigenvalue weighted by molar-refractivity contribution is -0.145.